The zero-order valence-electron chi connectivity index (χ0n) is 9.35. The number of amidine groups is 1. The van der Waals surface area contributed by atoms with Crippen molar-refractivity contribution in [1.29, 1.82) is 0 Å². The normalized spacial score (nSPS) is 15.9. The minimum absolute atomic E-state index is 0. The van der Waals surface area contributed by atoms with E-state index in [2.05, 4.69) is 38.0 Å². The third-order valence-electron chi connectivity index (χ3n) is 2.07. The van der Waals surface area contributed by atoms with Gasteiger partial charge in [-0.15, -0.1) is 0 Å². The molecular formula is C10H22CoN2. The van der Waals surface area contributed by atoms with Gasteiger partial charge in [0.25, 0.3) is 0 Å². The van der Waals surface area contributed by atoms with Crippen LogP contribution in [0.4, 0.5) is 0 Å². The van der Waals surface area contributed by atoms with Crippen molar-refractivity contribution in [1.82, 2.24) is 5.32 Å². The number of rotatable bonds is 4. The van der Waals surface area contributed by atoms with Gasteiger partial charge >= 0.3 is 0 Å². The van der Waals surface area contributed by atoms with Gasteiger partial charge in [-0.05, 0) is 33.6 Å². The van der Waals surface area contributed by atoms with Crippen LogP contribution in [0.15, 0.2) is 4.99 Å². The number of hydrogen-bond acceptors (Lipinski definition) is 1. The summed E-state index contributed by atoms with van der Waals surface area (Å²) in [5, 5.41) is 3.34. The molecule has 0 bridgehead atoms. The maximum absolute atomic E-state index is 4.49. The summed E-state index contributed by atoms with van der Waals surface area (Å²) in [5.41, 5.74) is 0. The molecule has 0 saturated carbocycles. The molecule has 0 aliphatic rings. The van der Waals surface area contributed by atoms with E-state index in [9.17, 15) is 0 Å². The molecule has 0 amide bonds. The minimum Gasteiger partial charge on any atom is -0.372 e. The number of hydrogen-bond donors (Lipinski definition) is 1. The summed E-state index contributed by atoms with van der Waals surface area (Å²) >= 11 is 0. The van der Waals surface area contributed by atoms with Crippen LogP contribution in [0.25, 0.3) is 0 Å². The third kappa shape index (κ3) is 8.31. The fourth-order valence-corrected chi connectivity index (χ4v) is 0.918. The molecule has 0 aromatic heterocycles. The summed E-state index contributed by atoms with van der Waals surface area (Å²) in [5.74, 6) is 1.07. The molecule has 0 heterocycles. The summed E-state index contributed by atoms with van der Waals surface area (Å²) in [7, 11) is 0. The molecular weight excluding hydrogens is 207 g/mol. The average Bonchev–Trinajstić information content (AvgIpc) is 2.03. The van der Waals surface area contributed by atoms with Crippen LogP contribution in [-0.4, -0.2) is 17.9 Å². The maximum Gasteiger partial charge on any atom is 0.0936 e. The first kappa shape index (κ1) is 15.4. The Bertz CT molecular complexity index is 146. The first-order valence-corrected chi connectivity index (χ1v) is 4.91. The van der Waals surface area contributed by atoms with Crippen molar-refractivity contribution in [2.45, 2.75) is 59.5 Å². The first-order chi connectivity index (χ1) is 5.60. The third-order valence-corrected chi connectivity index (χ3v) is 2.07. The molecule has 2 atom stereocenters. The van der Waals surface area contributed by atoms with Crippen molar-refractivity contribution in [3.05, 3.63) is 0 Å². The molecule has 3 heteroatoms. The van der Waals surface area contributed by atoms with Gasteiger partial charge in [0.15, 0.2) is 0 Å². The van der Waals surface area contributed by atoms with Gasteiger partial charge in [-0.2, -0.15) is 0 Å². The molecule has 0 aromatic carbocycles. The van der Waals surface area contributed by atoms with E-state index in [0.29, 0.717) is 12.1 Å². The Balaban J connectivity index is 0. The first-order valence-electron chi connectivity index (χ1n) is 4.91. The maximum atomic E-state index is 4.49. The summed E-state index contributed by atoms with van der Waals surface area (Å²) in [6, 6.07) is 0.986. The second kappa shape index (κ2) is 8.57. The van der Waals surface area contributed by atoms with E-state index in [-0.39, 0.29) is 16.8 Å². The smallest absolute Gasteiger partial charge is 0.0936 e. The summed E-state index contributed by atoms with van der Waals surface area (Å²) in [6.45, 7) is 10.7. The summed E-state index contributed by atoms with van der Waals surface area (Å²) in [4.78, 5) is 4.49. The average molecular weight is 229 g/mol. The predicted molar refractivity (Wildman–Crippen MR) is 55.8 cm³/mol. The molecule has 0 aliphatic carbocycles. The van der Waals surface area contributed by atoms with E-state index < -0.39 is 0 Å². The monoisotopic (exact) mass is 229 g/mol. The van der Waals surface area contributed by atoms with Crippen LogP contribution >= 0.6 is 0 Å². The predicted octanol–water partition coefficient (Wildman–Crippen LogP) is 2.59. The minimum atomic E-state index is 0. The van der Waals surface area contributed by atoms with Crippen molar-refractivity contribution in [2.75, 3.05) is 0 Å². The van der Waals surface area contributed by atoms with Gasteiger partial charge < -0.3 is 5.32 Å². The van der Waals surface area contributed by atoms with Gasteiger partial charge in [0.2, 0.25) is 0 Å². The Hall–Kier alpha value is -0.0235. The van der Waals surface area contributed by atoms with Crippen LogP contribution in [0.1, 0.15) is 47.5 Å². The van der Waals surface area contributed by atoms with E-state index >= 15 is 0 Å². The van der Waals surface area contributed by atoms with Crippen molar-refractivity contribution in [3.63, 3.8) is 0 Å². The molecule has 0 aliphatic heterocycles. The summed E-state index contributed by atoms with van der Waals surface area (Å²) < 4.78 is 0. The molecule has 1 radical (unpaired) electrons. The number of nitrogens with zero attached hydrogens (tertiary/aromatic N) is 1. The Morgan fingerprint density at radius 3 is 2.15 bits per heavy atom. The van der Waals surface area contributed by atoms with Crippen LogP contribution in [0.2, 0.25) is 0 Å². The van der Waals surface area contributed by atoms with Crippen LogP contribution < -0.4 is 5.32 Å². The standard InChI is InChI=1S/C10H22N2.Co/c1-6-8(3)11-10(5)12-9(4)7-2;/h8-9H,6-7H2,1-5H3,(H,11,12);. The summed E-state index contributed by atoms with van der Waals surface area (Å²) in [6.07, 6.45) is 2.26. The SMILES string of the molecule is CCC(C)N=C(C)NC(C)CC.[Co]. The van der Waals surface area contributed by atoms with Gasteiger partial charge in [0.1, 0.15) is 0 Å². The van der Waals surface area contributed by atoms with E-state index in [4.69, 9.17) is 0 Å². The zero-order chi connectivity index (χ0) is 9.56. The second-order valence-corrected chi connectivity index (χ2v) is 3.43. The quantitative estimate of drug-likeness (QED) is 0.581. The number of nitrogens with one attached hydrogen (secondary N) is 1. The van der Waals surface area contributed by atoms with Crippen molar-refractivity contribution in [2.24, 2.45) is 4.99 Å². The Labute approximate surface area is 92.8 Å². The molecule has 0 spiro atoms. The molecule has 13 heavy (non-hydrogen) atoms. The molecule has 0 aromatic rings. The molecule has 1 N–H and O–H groups in total. The van der Waals surface area contributed by atoms with Crippen LogP contribution in [-0.2, 0) is 16.8 Å². The largest absolute Gasteiger partial charge is 0.372 e. The van der Waals surface area contributed by atoms with Gasteiger partial charge in [-0.3, -0.25) is 4.99 Å². The van der Waals surface area contributed by atoms with Crippen LogP contribution in [0, 0.1) is 0 Å². The van der Waals surface area contributed by atoms with E-state index in [0.717, 1.165) is 18.7 Å². The molecule has 2 unspecified atom stereocenters. The van der Waals surface area contributed by atoms with Gasteiger partial charge in [-0.1, -0.05) is 13.8 Å². The molecule has 2 nitrogen and oxygen atoms in total. The molecule has 0 saturated heterocycles. The molecule has 0 fully saturated rings. The van der Waals surface area contributed by atoms with E-state index in [1.807, 2.05) is 6.92 Å². The van der Waals surface area contributed by atoms with Gasteiger partial charge in [0.05, 0.1) is 5.84 Å². The van der Waals surface area contributed by atoms with Gasteiger partial charge in [0, 0.05) is 28.9 Å². The zero-order valence-corrected chi connectivity index (χ0v) is 10.4. The fourth-order valence-electron chi connectivity index (χ4n) is 0.918. The van der Waals surface area contributed by atoms with Crippen LogP contribution in [0.5, 0.6) is 0 Å². The molecule has 0 rings (SSSR count). The number of aliphatic imine (C=N–C) groups is 1. The molecule has 81 valence electrons. The topological polar surface area (TPSA) is 24.4 Å². The second-order valence-electron chi connectivity index (χ2n) is 3.43. The van der Waals surface area contributed by atoms with Crippen molar-refractivity contribution >= 4 is 5.84 Å². The Kier molecular flexibility index (Phi) is 10.2. The van der Waals surface area contributed by atoms with Crippen LogP contribution in [0.3, 0.4) is 0 Å². The van der Waals surface area contributed by atoms with Crippen molar-refractivity contribution < 1.29 is 16.8 Å². The van der Waals surface area contributed by atoms with E-state index in [1.54, 1.807) is 0 Å². The Morgan fingerprint density at radius 2 is 1.77 bits per heavy atom. The van der Waals surface area contributed by atoms with E-state index in [1.165, 1.54) is 0 Å². The van der Waals surface area contributed by atoms with Gasteiger partial charge in [-0.25, -0.2) is 0 Å². The fraction of sp³-hybridized carbons (Fsp3) is 0.900. The Morgan fingerprint density at radius 1 is 1.23 bits per heavy atom. The van der Waals surface area contributed by atoms with Crippen molar-refractivity contribution in [3.8, 4) is 0 Å².